The molecule has 2 N–H and O–H groups in total. The number of nitrogens with one attached hydrogen (secondary N) is 2. The van der Waals surface area contributed by atoms with Crippen LogP contribution in [0.4, 0.5) is 5.69 Å². The number of fused-ring (bicyclic) bond motifs is 2. The molecule has 0 fully saturated rings. The van der Waals surface area contributed by atoms with E-state index < -0.39 is 0 Å². The monoisotopic (exact) mass is 249 g/mol. The molecular weight excluding hydrogens is 234 g/mol. The Hall–Kier alpha value is -2.29. The van der Waals surface area contributed by atoms with Gasteiger partial charge < -0.3 is 10.3 Å². The maximum absolute atomic E-state index is 4.74. The number of aromatic amines is 1. The summed E-state index contributed by atoms with van der Waals surface area (Å²) in [5.41, 5.74) is 5.99. The topological polar surface area (TPSA) is 40.7 Å². The first-order valence-electron chi connectivity index (χ1n) is 6.60. The summed E-state index contributed by atoms with van der Waals surface area (Å²) >= 11 is 0. The van der Waals surface area contributed by atoms with Gasteiger partial charge in [-0.1, -0.05) is 24.3 Å². The molecule has 3 heteroatoms. The van der Waals surface area contributed by atoms with Gasteiger partial charge in [-0.05, 0) is 36.2 Å². The van der Waals surface area contributed by atoms with E-state index >= 15 is 0 Å². The van der Waals surface area contributed by atoms with Gasteiger partial charge in [0.25, 0.3) is 0 Å². The molecule has 0 saturated carbocycles. The third-order valence-electron chi connectivity index (χ3n) is 3.82. The fourth-order valence-corrected chi connectivity index (χ4v) is 2.84. The zero-order valence-electron chi connectivity index (χ0n) is 10.8. The SMILES string of the molecule is Cc1ccc2nc(C3CNc4ccccc43)[nH]c2c1. The first kappa shape index (κ1) is 10.6. The first-order chi connectivity index (χ1) is 9.31. The molecule has 0 radical (unpaired) electrons. The van der Waals surface area contributed by atoms with Gasteiger partial charge in [0.15, 0.2) is 0 Å². The maximum atomic E-state index is 4.74. The third-order valence-corrected chi connectivity index (χ3v) is 3.82. The molecule has 1 aliphatic heterocycles. The fourth-order valence-electron chi connectivity index (χ4n) is 2.84. The zero-order valence-corrected chi connectivity index (χ0v) is 10.8. The molecule has 3 aromatic rings. The summed E-state index contributed by atoms with van der Waals surface area (Å²) in [5, 5.41) is 3.44. The summed E-state index contributed by atoms with van der Waals surface area (Å²) in [6.07, 6.45) is 0. The minimum Gasteiger partial charge on any atom is -0.384 e. The Kier molecular flexibility index (Phi) is 2.15. The van der Waals surface area contributed by atoms with Crippen molar-refractivity contribution in [1.29, 1.82) is 0 Å². The van der Waals surface area contributed by atoms with E-state index in [2.05, 4.69) is 59.7 Å². The average Bonchev–Trinajstić information content (AvgIpc) is 3.00. The maximum Gasteiger partial charge on any atom is 0.116 e. The minimum absolute atomic E-state index is 0.323. The Morgan fingerprint density at radius 2 is 2.05 bits per heavy atom. The van der Waals surface area contributed by atoms with E-state index in [0.717, 1.165) is 23.4 Å². The van der Waals surface area contributed by atoms with Crippen molar-refractivity contribution < 1.29 is 0 Å². The number of hydrogen-bond donors (Lipinski definition) is 2. The molecule has 4 rings (SSSR count). The highest BCUT2D eigenvalue weighted by molar-refractivity contribution is 5.76. The van der Waals surface area contributed by atoms with Gasteiger partial charge in [-0.15, -0.1) is 0 Å². The molecule has 3 nitrogen and oxygen atoms in total. The predicted molar refractivity (Wildman–Crippen MR) is 77.6 cm³/mol. The second-order valence-electron chi connectivity index (χ2n) is 5.16. The normalized spacial score (nSPS) is 17.4. The van der Waals surface area contributed by atoms with Gasteiger partial charge in [-0.3, -0.25) is 0 Å². The minimum atomic E-state index is 0.323. The molecular formula is C16H15N3. The van der Waals surface area contributed by atoms with Gasteiger partial charge in [-0.2, -0.15) is 0 Å². The highest BCUT2D eigenvalue weighted by atomic mass is 15.0. The molecule has 19 heavy (non-hydrogen) atoms. The molecule has 1 atom stereocenters. The number of benzene rings is 2. The van der Waals surface area contributed by atoms with Gasteiger partial charge >= 0.3 is 0 Å². The fraction of sp³-hybridized carbons (Fsp3) is 0.188. The predicted octanol–water partition coefficient (Wildman–Crippen LogP) is 3.43. The Morgan fingerprint density at radius 3 is 3.00 bits per heavy atom. The van der Waals surface area contributed by atoms with Crippen LogP contribution in [0.2, 0.25) is 0 Å². The van der Waals surface area contributed by atoms with Crippen molar-refractivity contribution in [1.82, 2.24) is 9.97 Å². The van der Waals surface area contributed by atoms with Crippen molar-refractivity contribution in [2.24, 2.45) is 0 Å². The number of H-pyrrole nitrogens is 1. The number of imidazole rings is 1. The van der Waals surface area contributed by atoms with E-state index in [1.807, 2.05) is 0 Å². The largest absolute Gasteiger partial charge is 0.384 e. The molecule has 0 saturated heterocycles. The van der Waals surface area contributed by atoms with Gasteiger partial charge in [0.2, 0.25) is 0 Å². The average molecular weight is 249 g/mol. The Balaban J connectivity index is 1.83. The number of nitrogens with zero attached hydrogens (tertiary/aromatic N) is 1. The van der Waals surface area contributed by atoms with E-state index in [1.54, 1.807) is 0 Å². The molecule has 2 aromatic carbocycles. The second kappa shape index (κ2) is 3.85. The number of anilines is 1. The quantitative estimate of drug-likeness (QED) is 0.693. The van der Waals surface area contributed by atoms with Crippen LogP contribution >= 0.6 is 0 Å². The van der Waals surface area contributed by atoms with Crippen LogP contribution in [0.1, 0.15) is 22.9 Å². The lowest BCUT2D eigenvalue weighted by molar-refractivity contribution is 0.836. The number of aryl methyl sites for hydroxylation is 1. The van der Waals surface area contributed by atoms with E-state index in [-0.39, 0.29) is 0 Å². The molecule has 1 aromatic heterocycles. The second-order valence-corrected chi connectivity index (χ2v) is 5.16. The zero-order chi connectivity index (χ0) is 12.8. The Bertz CT molecular complexity index is 758. The van der Waals surface area contributed by atoms with Gasteiger partial charge in [0, 0.05) is 12.2 Å². The molecule has 0 amide bonds. The van der Waals surface area contributed by atoms with Crippen molar-refractivity contribution >= 4 is 16.7 Å². The lowest BCUT2D eigenvalue weighted by atomic mass is 10.0. The summed E-state index contributed by atoms with van der Waals surface area (Å²) < 4.78 is 0. The molecule has 1 aliphatic rings. The van der Waals surface area contributed by atoms with Crippen molar-refractivity contribution in [2.75, 3.05) is 11.9 Å². The Labute approximate surface area is 111 Å². The molecule has 94 valence electrons. The first-order valence-corrected chi connectivity index (χ1v) is 6.60. The van der Waals surface area contributed by atoms with Crippen LogP contribution in [0.15, 0.2) is 42.5 Å². The van der Waals surface area contributed by atoms with Crippen LogP contribution in [-0.4, -0.2) is 16.5 Å². The van der Waals surface area contributed by atoms with Crippen LogP contribution in [0.25, 0.3) is 11.0 Å². The number of rotatable bonds is 1. The molecule has 0 aliphatic carbocycles. The van der Waals surface area contributed by atoms with Crippen molar-refractivity contribution in [2.45, 2.75) is 12.8 Å². The summed E-state index contributed by atoms with van der Waals surface area (Å²) in [6.45, 7) is 3.02. The lowest BCUT2D eigenvalue weighted by Crippen LogP contribution is -2.05. The highest BCUT2D eigenvalue weighted by Gasteiger charge is 2.25. The number of para-hydroxylation sites is 1. The van der Waals surface area contributed by atoms with Gasteiger partial charge in [-0.25, -0.2) is 4.98 Å². The van der Waals surface area contributed by atoms with Gasteiger partial charge in [0.05, 0.1) is 17.0 Å². The van der Waals surface area contributed by atoms with Gasteiger partial charge in [0.1, 0.15) is 5.82 Å². The van der Waals surface area contributed by atoms with E-state index in [4.69, 9.17) is 4.98 Å². The highest BCUT2D eigenvalue weighted by Crippen LogP contribution is 2.35. The van der Waals surface area contributed by atoms with Crippen molar-refractivity contribution in [3.05, 3.63) is 59.4 Å². The van der Waals surface area contributed by atoms with E-state index in [9.17, 15) is 0 Å². The van der Waals surface area contributed by atoms with E-state index in [1.165, 1.54) is 16.8 Å². The number of hydrogen-bond acceptors (Lipinski definition) is 2. The van der Waals surface area contributed by atoms with Crippen LogP contribution < -0.4 is 5.32 Å². The lowest BCUT2D eigenvalue weighted by Gasteiger charge is -2.05. The molecule has 1 unspecified atom stereocenters. The summed E-state index contributed by atoms with van der Waals surface area (Å²) in [5.74, 6) is 1.38. The Morgan fingerprint density at radius 1 is 1.16 bits per heavy atom. The van der Waals surface area contributed by atoms with Crippen molar-refractivity contribution in [3.8, 4) is 0 Å². The molecule has 0 spiro atoms. The summed E-state index contributed by atoms with van der Waals surface area (Å²) in [4.78, 5) is 8.21. The summed E-state index contributed by atoms with van der Waals surface area (Å²) in [6, 6.07) is 14.8. The van der Waals surface area contributed by atoms with Crippen molar-refractivity contribution in [3.63, 3.8) is 0 Å². The smallest absolute Gasteiger partial charge is 0.116 e. The van der Waals surface area contributed by atoms with Crippen LogP contribution in [-0.2, 0) is 0 Å². The van der Waals surface area contributed by atoms with Crippen LogP contribution in [0, 0.1) is 6.92 Å². The van der Waals surface area contributed by atoms with Crippen LogP contribution in [0.3, 0.4) is 0 Å². The molecule has 2 heterocycles. The third kappa shape index (κ3) is 1.62. The van der Waals surface area contributed by atoms with E-state index in [0.29, 0.717) is 5.92 Å². The summed E-state index contributed by atoms with van der Waals surface area (Å²) in [7, 11) is 0. The van der Waals surface area contributed by atoms with Crippen LogP contribution in [0.5, 0.6) is 0 Å². The molecule has 0 bridgehead atoms. The number of aromatic nitrogens is 2. The standard InChI is InChI=1S/C16H15N3/c1-10-6-7-14-15(8-10)19-16(18-14)12-9-17-13-5-3-2-4-11(12)13/h2-8,12,17H,9H2,1H3,(H,18,19).